The van der Waals surface area contributed by atoms with Crippen LogP contribution < -0.4 is 5.32 Å². The minimum atomic E-state index is -0.0321. The molecule has 0 rings (SSSR count). The lowest BCUT2D eigenvalue weighted by Gasteiger charge is -2.22. The highest BCUT2D eigenvalue weighted by Crippen LogP contribution is 2.09. The van der Waals surface area contributed by atoms with E-state index < -0.39 is 0 Å². The van der Waals surface area contributed by atoms with E-state index in [1.54, 1.807) is 7.11 Å². The highest BCUT2D eigenvalue weighted by Gasteiger charge is 2.06. The summed E-state index contributed by atoms with van der Waals surface area (Å²) in [7, 11) is 1.54. The summed E-state index contributed by atoms with van der Waals surface area (Å²) in [5.74, 6) is -0.0321. The predicted molar refractivity (Wildman–Crippen MR) is 113 cm³/mol. The summed E-state index contributed by atoms with van der Waals surface area (Å²) in [6.45, 7) is 6.49. The maximum absolute atomic E-state index is 11.4. The Morgan fingerprint density at radius 3 is 2.00 bits per heavy atom. The van der Waals surface area contributed by atoms with Crippen molar-refractivity contribution in [1.29, 1.82) is 0 Å². The molecule has 0 fully saturated rings. The van der Waals surface area contributed by atoms with E-state index >= 15 is 0 Å². The fraction of sp³-hybridized carbons (Fsp3) is 0.909. The summed E-state index contributed by atoms with van der Waals surface area (Å²) < 4.78 is 4.83. The number of ether oxygens (including phenoxy) is 1. The van der Waals surface area contributed by atoms with Crippen LogP contribution in [0.15, 0.2) is 0 Å². The van der Waals surface area contributed by atoms with Gasteiger partial charge in [0.1, 0.15) is 12.9 Å². The van der Waals surface area contributed by atoms with Crippen molar-refractivity contribution >= 4 is 12.2 Å². The number of aldehydes is 1. The van der Waals surface area contributed by atoms with Crippen LogP contribution in [-0.4, -0.2) is 57.0 Å². The number of hydrogen-bond acceptors (Lipinski definition) is 4. The molecule has 160 valence electrons. The summed E-state index contributed by atoms with van der Waals surface area (Å²) in [5, 5.41) is 2.91. The van der Waals surface area contributed by atoms with Crippen LogP contribution in [0.4, 0.5) is 0 Å². The number of rotatable bonds is 21. The molecule has 0 aromatic rings. The van der Waals surface area contributed by atoms with Gasteiger partial charge in [-0.1, -0.05) is 58.3 Å². The average Bonchev–Trinajstić information content (AvgIpc) is 2.66. The van der Waals surface area contributed by atoms with Gasteiger partial charge in [0.2, 0.25) is 5.91 Å². The van der Waals surface area contributed by atoms with E-state index in [1.165, 1.54) is 70.8 Å². The summed E-state index contributed by atoms with van der Waals surface area (Å²) >= 11 is 0. The van der Waals surface area contributed by atoms with E-state index in [-0.39, 0.29) is 12.5 Å². The Hall–Kier alpha value is -0.940. The second kappa shape index (κ2) is 21.4. The molecule has 0 spiro atoms. The number of amides is 1. The van der Waals surface area contributed by atoms with Crippen molar-refractivity contribution in [2.24, 2.45) is 0 Å². The minimum absolute atomic E-state index is 0.0321. The molecule has 0 bridgehead atoms. The van der Waals surface area contributed by atoms with Gasteiger partial charge in [-0.15, -0.1) is 0 Å². The maximum atomic E-state index is 11.4. The zero-order chi connectivity index (χ0) is 20.0. The van der Waals surface area contributed by atoms with Gasteiger partial charge >= 0.3 is 0 Å². The number of carbonyl (C=O) groups is 2. The molecule has 5 heteroatoms. The van der Waals surface area contributed by atoms with Crippen molar-refractivity contribution < 1.29 is 14.3 Å². The number of nitrogens with zero attached hydrogens (tertiary/aromatic N) is 1. The Morgan fingerprint density at radius 1 is 0.852 bits per heavy atom. The van der Waals surface area contributed by atoms with Crippen LogP contribution in [0.25, 0.3) is 0 Å². The fourth-order valence-corrected chi connectivity index (χ4v) is 3.26. The Kier molecular flexibility index (Phi) is 20.6. The minimum Gasteiger partial charge on any atom is -0.375 e. The van der Waals surface area contributed by atoms with E-state index in [2.05, 4.69) is 17.1 Å². The van der Waals surface area contributed by atoms with Crippen molar-refractivity contribution in [3.8, 4) is 0 Å². The van der Waals surface area contributed by atoms with Crippen LogP contribution in [0.1, 0.15) is 90.4 Å². The Bertz CT molecular complexity index is 338. The molecule has 0 unspecified atom stereocenters. The average molecular weight is 385 g/mol. The predicted octanol–water partition coefficient (Wildman–Crippen LogP) is 4.34. The van der Waals surface area contributed by atoms with E-state index in [1.807, 2.05) is 0 Å². The SMILES string of the molecule is CCCCCCCCN(CCCCCCCC=O)CCCNC(=O)COC. The highest BCUT2D eigenvalue weighted by atomic mass is 16.5. The second-order valence-electron chi connectivity index (χ2n) is 7.47. The van der Waals surface area contributed by atoms with Gasteiger partial charge < -0.3 is 19.7 Å². The molecule has 0 aliphatic heterocycles. The Labute approximate surface area is 167 Å². The van der Waals surface area contributed by atoms with Crippen LogP contribution >= 0.6 is 0 Å². The molecule has 1 N–H and O–H groups in total. The molecule has 0 aromatic carbocycles. The standard InChI is InChI=1S/C22H44N2O3/c1-3-4-5-6-9-12-17-24(18-13-10-7-8-11-14-20-25)19-15-16-23-22(26)21-27-2/h20H,3-19,21H2,1-2H3,(H,23,26). The van der Waals surface area contributed by atoms with Gasteiger partial charge in [0.05, 0.1) is 0 Å². The normalized spacial score (nSPS) is 11.1. The van der Waals surface area contributed by atoms with Crippen molar-refractivity contribution in [2.45, 2.75) is 90.4 Å². The first kappa shape index (κ1) is 26.1. The molecule has 0 aliphatic carbocycles. The van der Waals surface area contributed by atoms with Gasteiger partial charge in [0.25, 0.3) is 0 Å². The first-order valence-corrected chi connectivity index (χ1v) is 11.2. The van der Waals surface area contributed by atoms with Crippen molar-refractivity contribution in [3.63, 3.8) is 0 Å². The molecule has 0 saturated carbocycles. The van der Waals surface area contributed by atoms with Gasteiger partial charge in [-0.05, 0) is 45.3 Å². The first-order chi connectivity index (χ1) is 13.2. The molecule has 0 saturated heterocycles. The van der Waals surface area contributed by atoms with Crippen LogP contribution in [-0.2, 0) is 14.3 Å². The van der Waals surface area contributed by atoms with Crippen molar-refractivity contribution in [3.05, 3.63) is 0 Å². The molecule has 0 heterocycles. The van der Waals surface area contributed by atoms with E-state index in [0.717, 1.165) is 38.8 Å². The maximum Gasteiger partial charge on any atom is 0.245 e. The number of carbonyl (C=O) groups excluding carboxylic acids is 2. The van der Waals surface area contributed by atoms with Crippen molar-refractivity contribution in [2.75, 3.05) is 39.9 Å². The number of unbranched alkanes of at least 4 members (excludes halogenated alkanes) is 10. The number of nitrogens with one attached hydrogen (secondary N) is 1. The van der Waals surface area contributed by atoms with Gasteiger partial charge in [0.15, 0.2) is 0 Å². The Balaban J connectivity index is 3.90. The molecule has 0 radical (unpaired) electrons. The quantitative estimate of drug-likeness (QED) is 0.236. The Morgan fingerprint density at radius 2 is 1.41 bits per heavy atom. The molecule has 27 heavy (non-hydrogen) atoms. The molecular weight excluding hydrogens is 340 g/mol. The zero-order valence-corrected chi connectivity index (χ0v) is 18.0. The number of hydrogen-bond donors (Lipinski definition) is 1. The topological polar surface area (TPSA) is 58.6 Å². The smallest absolute Gasteiger partial charge is 0.245 e. The molecule has 1 amide bonds. The third-order valence-corrected chi connectivity index (χ3v) is 4.87. The molecule has 0 atom stereocenters. The monoisotopic (exact) mass is 384 g/mol. The van der Waals surface area contributed by atoms with Crippen LogP contribution in [0.2, 0.25) is 0 Å². The fourth-order valence-electron chi connectivity index (χ4n) is 3.26. The van der Waals surface area contributed by atoms with E-state index in [9.17, 15) is 9.59 Å². The first-order valence-electron chi connectivity index (χ1n) is 11.2. The largest absolute Gasteiger partial charge is 0.375 e. The van der Waals surface area contributed by atoms with Gasteiger partial charge in [0, 0.05) is 20.1 Å². The highest BCUT2D eigenvalue weighted by molar-refractivity contribution is 5.77. The molecular formula is C22H44N2O3. The van der Waals surface area contributed by atoms with Crippen LogP contribution in [0.5, 0.6) is 0 Å². The third kappa shape index (κ3) is 19.6. The summed E-state index contributed by atoms with van der Waals surface area (Å²) in [5.41, 5.74) is 0. The van der Waals surface area contributed by atoms with Crippen LogP contribution in [0, 0.1) is 0 Å². The van der Waals surface area contributed by atoms with Gasteiger partial charge in [-0.3, -0.25) is 4.79 Å². The lowest BCUT2D eigenvalue weighted by atomic mass is 10.1. The van der Waals surface area contributed by atoms with Gasteiger partial charge in [-0.2, -0.15) is 0 Å². The van der Waals surface area contributed by atoms with E-state index in [4.69, 9.17) is 4.74 Å². The molecule has 0 aliphatic rings. The lowest BCUT2D eigenvalue weighted by Crippen LogP contribution is -2.32. The van der Waals surface area contributed by atoms with E-state index in [0.29, 0.717) is 6.42 Å². The van der Waals surface area contributed by atoms with Gasteiger partial charge in [-0.25, -0.2) is 0 Å². The molecule has 5 nitrogen and oxygen atoms in total. The lowest BCUT2D eigenvalue weighted by molar-refractivity contribution is -0.124. The third-order valence-electron chi connectivity index (χ3n) is 4.87. The second-order valence-corrected chi connectivity index (χ2v) is 7.47. The van der Waals surface area contributed by atoms with Crippen LogP contribution in [0.3, 0.4) is 0 Å². The zero-order valence-electron chi connectivity index (χ0n) is 18.0. The van der Waals surface area contributed by atoms with Crippen molar-refractivity contribution in [1.82, 2.24) is 10.2 Å². The summed E-state index contributed by atoms with van der Waals surface area (Å²) in [6.07, 6.45) is 16.6. The summed E-state index contributed by atoms with van der Waals surface area (Å²) in [4.78, 5) is 24.3. The molecule has 0 aromatic heterocycles. The number of methoxy groups -OCH3 is 1. The summed E-state index contributed by atoms with van der Waals surface area (Å²) in [6, 6.07) is 0.